The first-order valence-electron chi connectivity index (χ1n) is 9.28. The van der Waals surface area contributed by atoms with Crippen LogP contribution in [0.5, 0.6) is 5.75 Å². The fourth-order valence-corrected chi connectivity index (χ4v) is 3.17. The van der Waals surface area contributed by atoms with E-state index in [0.29, 0.717) is 18.6 Å². The van der Waals surface area contributed by atoms with E-state index in [1.807, 2.05) is 42.5 Å². The second-order valence-electron chi connectivity index (χ2n) is 6.75. The lowest BCUT2D eigenvalue weighted by atomic mass is 10.1. The molecule has 1 saturated heterocycles. The molecule has 0 aliphatic carbocycles. The zero-order valence-electron chi connectivity index (χ0n) is 15.3. The Balaban J connectivity index is 1.37. The van der Waals surface area contributed by atoms with Crippen molar-refractivity contribution >= 4 is 11.7 Å². The third kappa shape index (κ3) is 5.70. The Kier molecular flexibility index (Phi) is 6.68. The van der Waals surface area contributed by atoms with Crippen LogP contribution >= 0.6 is 0 Å². The number of carboxylic acids is 1. The van der Waals surface area contributed by atoms with Crippen molar-refractivity contribution in [3.63, 3.8) is 0 Å². The van der Waals surface area contributed by atoms with Crippen molar-refractivity contribution in [2.75, 3.05) is 44.2 Å². The number of hydrogen-bond donors (Lipinski definition) is 2. The summed E-state index contributed by atoms with van der Waals surface area (Å²) >= 11 is 0. The van der Waals surface area contributed by atoms with Crippen molar-refractivity contribution in [3.8, 4) is 5.75 Å². The minimum atomic E-state index is -0.902. The molecule has 3 rings (SSSR count). The van der Waals surface area contributed by atoms with Crippen molar-refractivity contribution in [3.05, 3.63) is 60.2 Å². The van der Waals surface area contributed by atoms with Crippen LogP contribution in [-0.2, 0) is 0 Å². The van der Waals surface area contributed by atoms with Crippen LogP contribution in [0.25, 0.3) is 0 Å². The molecule has 1 fully saturated rings. The number of carbonyl (C=O) groups is 1. The van der Waals surface area contributed by atoms with E-state index >= 15 is 0 Å². The number of para-hydroxylation sites is 1. The van der Waals surface area contributed by atoms with Gasteiger partial charge in [-0.05, 0) is 42.8 Å². The summed E-state index contributed by atoms with van der Waals surface area (Å²) < 4.78 is 5.59. The second-order valence-corrected chi connectivity index (χ2v) is 6.75. The first-order chi connectivity index (χ1) is 13.1. The highest BCUT2D eigenvalue weighted by molar-refractivity contribution is 5.88. The highest BCUT2D eigenvalue weighted by atomic mass is 16.5. The Labute approximate surface area is 159 Å². The second kappa shape index (κ2) is 9.39. The molecule has 2 N–H and O–H groups in total. The van der Waals surface area contributed by atoms with Crippen LogP contribution in [-0.4, -0.2) is 66.5 Å². The van der Waals surface area contributed by atoms with Gasteiger partial charge in [-0.3, -0.25) is 4.90 Å². The quantitative estimate of drug-likeness (QED) is 0.743. The number of piperazine rings is 1. The van der Waals surface area contributed by atoms with Crippen LogP contribution in [0.4, 0.5) is 5.69 Å². The summed E-state index contributed by atoms with van der Waals surface area (Å²) in [4.78, 5) is 15.5. The average molecular weight is 370 g/mol. The molecule has 1 aliphatic heterocycles. The SMILES string of the molecule is O=C(O)c1ccc(N2CCN(CCC(O)COc3ccccc3)CC2)cc1. The Bertz CT molecular complexity index is 713. The molecule has 2 aromatic carbocycles. The van der Waals surface area contributed by atoms with Crippen LogP contribution in [0.3, 0.4) is 0 Å². The number of ether oxygens (including phenoxy) is 1. The largest absolute Gasteiger partial charge is 0.491 e. The molecule has 0 bridgehead atoms. The van der Waals surface area contributed by atoms with Crippen molar-refractivity contribution < 1.29 is 19.7 Å². The fourth-order valence-electron chi connectivity index (χ4n) is 3.17. The maximum absolute atomic E-state index is 10.9. The van der Waals surface area contributed by atoms with E-state index in [1.165, 1.54) is 0 Å². The lowest BCUT2D eigenvalue weighted by molar-refractivity contribution is 0.0697. The van der Waals surface area contributed by atoms with Crippen molar-refractivity contribution in [2.24, 2.45) is 0 Å². The standard InChI is InChI=1S/C21H26N2O4/c24-19(16-27-20-4-2-1-3-5-20)10-11-22-12-14-23(15-13-22)18-8-6-17(7-9-18)21(25)26/h1-9,19,24H,10-16H2,(H,25,26). The Morgan fingerprint density at radius 1 is 1.00 bits per heavy atom. The lowest BCUT2D eigenvalue weighted by Gasteiger charge is -2.36. The van der Waals surface area contributed by atoms with Gasteiger partial charge in [0.2, 0.25) is 0 Å². The van der Waals surface area contributed by atoms with Gasteiger partial charge in [-0.1, -0.05) is 18.2 Å². The smallest absolute Gasteiger partial charge is 0.335 e. The van der Waals surface area contributed by atoms with Gasteiger partial charge in [0.1, 0.15) is 12.4 Å². The zero-order valence-corrected chi connectivity index (χ0v) is 15.3. The number of hydrogen-bond acceptors (Lipinski definition) is 5. The summed E-state index contributed by atoms with van der Waals surface area (Å²) in [5, 5.41) is 19.1. The normalized spacial score (nSPS) is 16.1. The van der Waals surface area contributed by atoms with E-state index in [4.69, 9.17) is 9.84 Å². The number of anilines is 1. The van der Waals surface area contributed by atoms with E-state index in [9.17, 15) is 9.90 Å². The highest BCUT2D eigenvalue weighted by Gasteiger charge is 2.18. The molecular weight excluding hydrogens is 344 g/mol. The molecule has 2 aromatic rings. The molecule has 1 aliphatic rings. The minimum absolute atomic E-state index is 0.305. The number of benzene rings is 2. The molecule has 0 amide bonds. The number of aliphatic hydroxyl groups excluding tert-OH is 1. The first kappa shape index (κ1) is 19.2. The van der Waals surface area contributed by atoms with Gasteiger partial charge in [0, 0.05) is 38.4 Å². The molecule has 0 spiro atoms. The van der Waals surface area contributed by atoms with Crippen LogP contribution in [0.1, 0.15) is 16.8 Å². The summed E-state index contributed by atoms with van der Waals surface area (Å²) in [6.07, 6.45) is 0.201. The van der Waals surface area contributed by atoms with E-state index in [1.54, 1.807) is 12.1 Å². The van der Waals surface area contributed by atoms with Crippen molar-refractivity contribution in [1.29, 1.82) is 0 Å². The maximum atomic E-state index is 10.9. The summed E-state index contributed by atoms with van der Waals surface area (Å²) in [7, 11) is 0. The zero-order chi connectivity index (χ0) is 19.1. The summed E-state index contributed by atoms with van der Waals surface area (Å²) in [6, 6.07) is 16.5. The number of aliphatic hydroxyl groups is 1. The summed E-state index contributed by atoms with van der Waals surface area (Å²) in [5.41, 5.74) is 1.36. The van der Waals surface area contributed by atoms with Gasteiger partial charge in [0.25, 0.3) is 0 Å². The monoisotopic (exact) mass is 370 g/mol. The molecule has 1 atom stereocenters. The Morgan fingerprint density at radius 3 is 2.30 bits per heavy atom. The van der Waals surface area contributed by atoms with E-state index in [-0.39, 0.29) is 0 Å². The Hall–Kier alpha value is -2.57. The molecule has 1 heterocycles. The molecule has 27 heavy (non-hydrogen) atoms. The van der Waals surface area contributed by atoms with Crippen LogP contribution in [0.2, 0.25) is 0 Å². The van der Waals surface area contributed by atoms with Gasteiger partial charge in [-0.2, -0.15) is 0 Å². The molecule has 0 aromatic heterocycles. The van der Waals surface area contributed by atoms with Gasteiger partial charge in [0.05, 0.1) is 11.7 Å². The van der Waals surface area contributed by atoms with Crippen LogP contribution in [0, 0.1) is 0 Å². The summed E-state index contributed by atoms with van der Waals surface area (Å²) in [5.74, 6) is -0.125. The molecule has 0 saturated carbocycles. The van der Waals surface area contributed by atoms with Gasteiger partial charge in [0.15, 0.2) is 0 Å². The molecule has 0 radical (unpaired) electrons. The first-order valence-corrected chi connectivity index (χ1v) is 9.28. The third-order valence-electron chi connectivity index (χ3n) is 4.82. The van der Waals surface area contributed by atoms with Crippen molar-refractivity contribution in [2.45, 2.75) is 12.5 Å². The summed E-state index contributed by atoms with van der Waals surface area (Å²) in [6.45, 7) is 4.77. The third-order valence-corrected chi connectivity index (χ3v) is 4.82. The molecule has 144 valence electrons. The van der Waals surface area contributed by atoms with Crippen LogP contribution in [0.15, 0.2) is 54.6 Å². The number of nitrogens with zero attached hydrogens (tertiary/aromatic N) is 2. The number of rotatable bonds is 8. The van der Waals surface area contributed by atoms with Gasteiger partial charge in [-0.15, -0.1) is 0 Å². The van der Waals surface area contributed by atoms with E-state index in [0.717, 1.165) is 44.2 Å². The number of aromatic carboxylic acids is 1. The maximum Gasteiger partial charge on any atom is 0.335 e. The predicted molar refractivity (Wildman–Crippen MR) is 105 cm³/mol. The molecular formula is C21H26N2O4. The van der Waals surface area contributed by atoms with Crippen molar-refractivity contribution in [1.82, 2.24) is 4.90 Å². The topological polar surface area (TPSA) is 73.2 Å². The fraction of sp³-hybridized carbons (Fsp3) is 0.381. The van der Waals surface area contributed by atoms with Crippen LogP contribution < -0.4 is 9.64 Å². The highest BCUT2D eigenvalue weighted by Crippen LogP contribution is 2.18. The molecule has 6 nitrogen and oxygen atoms in total. The predicted octanol–water partition coefficient (Wildman–Crippen LogP) is 2.34. The lowest BCUT2D eigenvalue weighted by Crippen LogP contribution is -2.47. The van der Waals surface area contributed by atoms with E-state index in [2.05, 4.69) is 9.80 Å². The molecule has 6 heteroatoms. The molecule has 1 unspecified atom stereocenters. The van der Waals surface area contributed by atoms with Gasteiger partial charge >= 0.3 is 5.97 Å². The minimum Gasteiger partial charge on any atom is -0.491 e. The van der Waals surface area contributed by atoms with E-state index < -0.39 is 12.1 Å². The average Bonchev–Trinajstić information content (AvgIpc) is 2.72. The van der Waals surface area contributed by atoms with Gasteiger partial charge in [-0.25, -0.2) is 4.79 Å². The Morgan fingerprint density at radius 2 is 1.67 bits per heavy atom. The van der Waals surface area contributed by atoms with Gasteiger partial charge < -0.3 is 19.8 Å². The number of carboxylic acid groups (broad SMARTS) is 1.